The van der Waals surface area contributed by atoms with Gasteiger partial charge in [0.05, 0.1) is 12.7 Å². The molecule has 2 N–H and O–H groups in total. The van der Waals surface area contributed by atoms with Gasteiger partial charge in [0.25, 0.3) is 0 Å². The molecule has 1 unspecified atom stereocenters. The zero-order chi connectivity index (χ0) is 16.2. The molecule has 0 bridgehead atoms. The van der Waals surface area contributed by atoms with Gasteiger partial charge in [-0.15, -0.1) is 6.58 Å². The van der Waals surface area contributed by atoms with E-state index >= 15 is 0 Å². The molecule has 3 aliphatic carbocycles. The molecule has 0 spiro atoms. The number of aliphatic hydroxyl groups excluding tert-OH is 2. The zero-order valence-corrected chi connectivity index (χ0v) is 14.5. The van der Waals surface area contributed by atoms with Gasteiger partial charge in [-0.2, -0.15) is 0 Å². The van der Waals surface area contributed by atoms with Crippen molar-refractivity contribution in [1.82, 2.24) is 0 Å². The van der Waals surface area contributed by atoms with Crippen molar-refractivity contribution in [2.75, 3.05) is 6.61 Å². The summed E-state index contributed by atoms with van der Waals surface area (Å²) in [5, 5.41) is 20.5. The molecule has 0 heterocycles. The third-order valence-corrected chi connectivity index (χ3v) is 7.51. The highest BCUT2D eigenvalue weighted by Gasteiger charge is 2.56. The fourth-order valence-corrected chi connectivity index (χ4v) is 5.82. The summed E-state index contributed by atoms with van der Waals surface area (Å²) in [5.41, 5.74) is 3.41. The average molecular weight is 304 g/mol. The Kier molecular flexibility index (Phi) is 3.85. The molecule has 0 aromatic heterocycles. The number of allylic oxidation sites excluding steroid dienone is 3. The average Bonchev–Trinajstić information content (AvgIpc) is 2.51. The van der Waals surface area contributed by atoms with Gasteiger partial charge in [0, 0.05) is 5.41 Å². The summed E-state index contributed by atoms with van der Waals surface area (Å²) in [4.78, 5) is 0. The number of hydrogen-bond donors (Lipinski definition) is 2. The molecule has 0 saturated heterocycles. The number of aliphatic hydroxyl groups is 2. The van der Waals surface area contributed by atoms with Gasteiger partial charge in [-0.1, -0.05) is 38.0 Å². The van der Waals surface area contributed by atoms with Crippen molar-refractivity contribution in [2.45, 2.75) is 71.8 Å². The second kappa shape index (κ2) is 5.21. The van der Waals surface area contributed by atoms with Gasteiger partial charge in [-0.05, 0) is 61.7 Å². The first-order valence-electron chi connectivity index (χ1n) is 8.93. The lowest BCUT2D eigenvalue weighted by Gasteiger charge is -2.59. The summed E-state index contributed by atoms with van der Waals surface area (Å²) in [6.45, 7) is 11.0. The van der Waals surface area contributed by atoms with Crippen molar-refractivity contribution < 1.29 is 10.2 Å². The molecular formula is C20H32O2. The van der Waals surface area contributed by atoms with E-state index in [1.165, 1.54) is 12.8 Å². The molecule has 5 atom stereocenters. The Morgan fingerprint density at radius 1 is 1.18 bits per heavy atom. The summed E-state index contributed by atoms with van der Waals surface area (Å²) < 4.78 is 0. The van der Waals surface area contributed by atoms with Crippen molar-refractivity contribution in [3.8, 4) is 0 Å². The number of fused-ring (bicyclic) bond motifs is 2. The lowest BCUT2D eigenvalue weighted by Crippen LogP contribution is -2.55. The molecule has 0 aromatic carbocycles. The van der Waals surface area contributed by atoms with E-state index in [0.717, 1.165) is 32.1 Å². The quantitative estimate of drug-likeness (QED) is 0.750. The van der Waals surface area contributed by atoms with Crippen LogP contribution in [0.5, 0.6) is 0 Å². The van der Waals surface area contributed by atoms with Crippen LogP contribution in [0.15, 0.2) is 23.8 Å². The Bertz CT molecular complexity index is 508. The molecule has 124 valence electrons. The van der Waals surface area contributed by atoms with Crippen LogP contribution in [0.4, 0.5) is 0 Å². The summed E-state index contributed by atoms with van der Waals surface area (Å²) in [6, 6.07) is 0. The van der Waals surface area contributed by atoms with Crippen LogP contribution < -0.4 is 0 Å². The van der Waals surface area contributed by atoms with Gasteiger partial charge in [0.1, 0.15) is 0 Å². The second-order valence-electron chi connectivity index (χ2n) is 8.84. The zero-order valence-electron chi connectivity index (χ0n) is 14.5. The van der Waals surface area contributed by atoms with Crippen LogP contribution in [0, 0.1) is 22.2 Å². The fraction of sp³-hybridized carbons (Fsp3) is 0.800. The van der Waals surface area contributed by atoms with Gasteiger partial charge in [-0.25, -0.2) is 0 Å². The van der Waals surface area contributed by atoms with Gasteiger partial charge in [-0.3, -0.25) is 0 Å². The van der Waals surface area contributed by atoms with Crippen molar-refractivity contribution >= 4 is 0 Å². The van der Waals surface area contributed by atoms with E-state index in [-0.39, 0.29) is 29.0 Å². The van der Waals surface area contributed by atoms with E-state index in [1.807, 2.05) is 0 Å². The first-order valence-corrected chi connectivity index (χ1v) is 8.93. The fourth-order valence-electron chi connectivity index (χ4n) is 5.82. The van der Waals surface area contributed by atoms with Crippen LogP contribution in [0.25, 0.3) is 0 Å². The Hall–Kier alpha value is -0.600. The highest BCUT2D eigenvalue weighted by Crippen LogP contribution is 2.62. The Morgan fingerprint density at radius 2 is 1.91 bits per heavy atom. The van der Waals surface area contributed by atoms with E-state index in [1.54, 1.807) is 11.1 Å². The van der Waals surface area contributed by atoms with Crippen LogP contribution in [0.3, 0.4) is 0 Å². The Balaban J connectivity index is 2.00. The Morgan fingerprint density at radius 3 is 2.55 bits per heavy atom. The maximum Gasteiger partial charge on any atom is 0.0619 e. The summed E-state index contributed by atoms with van der Waals surface area (Å²) >= 11 is 0. The maximum atomic E-state index is 10.5. The van der Waals surface area contributed by atoms with Crippen molar-refractivity contribution in [1.29, 1.82) is 0 Å². The molecule has 1 saturated carbocycles. The van der Waals surface area contributed by atoms with Crippen LogP contribution in [0.2, 0.25) is 0 Å². The minimum absolute atomic E-state index is 0.0986. The topological polar surface area (TPSA) is 40.5 Å². The van der Waals surface area contributed by atoms with Crippen molar-refractivity contribution in [2.24, 2.45) is 22.2 Å². The van der Waals surface area contributed by atoms with E-state index in [9.17, 15) is 10.2 Å². The van der Waals surface area contributed by atoms with Crippen LogP contribution >= 0.6 is 0 Å². The molecule has 0 radical (unpaired) electrons. The van der Waals surface area contributed by atoms with Gasteiger partial charge >= 0.3 is 0 Å². The van der Waals surface area contributed by atoms with E-state index in [2.05, 4.69) is 33.4 Å². The van der Waals surface area contributed by atoms with Gasteiger partial charge in [0.2, 0.25) is 0 Å². The smallest absolute Gasteiger partial charge is 0.0619 e. The number of hydrogen-bond acceptors (Lipinski definition) is 2. The molecule has 22 heavy (non-hydrogen) atoms. The first kappa shape index (κ1) is 16.3. The molecule has 3 rings (SSSR count). The monoisotopic (exact) mass is 304 g/mol. The lowest BCUT2D eigenvalue weighted by molar-refractivity contribution is -0.124. The summed E-state index contributed by atoms with van der Waals surface area (Å²) in [5.74, 6) is 0.403. The highest BCUT2D eigenvalue weighted by molar-refractivity contribution is 5.33. The van der Waals surface area contributed by atoms with Crippen molar-refractivity contribution in [3.05, 3.63) is 23.8 Å². The molecule has 0 aromatic rings. The summed E-state index contributed by atoms with van der Waals surface area (Å²) in [6.07, 6.45) is 9.44. The highest BCUT2D eigenvalue weighted by atomic mass is 16.3. The SMILES string of the molecule is C=C[C@]1(C)CCC2=C(CC[C@@H]3[C@]2(C)CCC(O)[C@@]3(C)CO)C1. The molecule has 0 aliphatic heterocycles. The Labute approximate surface area is 135 Å². The minimum Gasteiger partial charge on any atom is -0.396 e. The third-order valence-electron chi connectivity index (χ3n) is 7.51. The molecule has 3 aliphatic rings. The molecule has 2 nitrogen and oxygen atoms in total. The van der Waals surface area contributed by atoms with Crippen LogP contribution in [0.1, 0.15) is 65.7 Å². The molecule has 0 amide bonds. The first-order chi connectivity index (χ1) is 10.3. The molecule has 1 fully saturated rings. The standard InChI is InChI=1S/C20H32O2/c1-5-18(2)10-8-15-14(12-18)6-7-16-19(15,3)11-9-17(22)20(16,4)13-21/h5,16-17,21-22H,1,6-13H2,2-4H3/t16-,17?,18-,19-,20+/m1/s1. The second-order valence-corrected chi connectivity index (χ2v) is 8.84. The lowest BCUT2D eigenvalue weighted by atomic mass is 9.47. The predicted octanol–water partition coefficient (Wildman–Crippen LogP) is 4.23. The van der Waals surface area contributed by atoms with E-state index in [4.69, 9.17) is 0 Å². The largest absolute Gasteiger partial charge is 0.396 e. The van der Waals surface area contributed by atoms with Crippen LogP contribution in [-0.4, -0.2) is 22.9 Å². The molecular weight excluding hydrogens is 272 g/mol. The van der Waals surface area contributed by atoms with E-state index in [0.29, 0.717) is 5.92 Å². The van der Waals surface area contributed by atoms with Gasteiger partial charge < -0.3 is 10.2 Å². The number of rotatable bonds is 2. The normalized spacial score (nSPS) is 48.6. The van der Waals surface area contributed by atoms with Crippen molar-refractivity contribution in [3.63, 3.8) is 0 Å². The maximum absolute atomic E-state index is 10.5. The third kappa shape index (κ3) is 2.14. The van der Waals surface area contributed by atoms with E-state index < -0.39 is 0 Å². The predicted molar refractivity (Wildman–Crippen MR) is 90.4 cm³/mol. The minimum atomic E-state index is -0.361. The molecule has 2 heteroatoms. The van der Waals surface area contributed by atoms with Gasteiger partial charge in [0.15, 0.2) is 0 Å². The summed E-state index contributed by atoms with van der Waals surface area (Å²) in [7, 11) is 0. The van der Waals surface area contributed by atoms with Crippen LogP contribution in [-0.2, 0) is 0 Å².